The van der Waals surface area contributed by atoms with Crippen molar-refractivity contribution < 1.29 is 4.39 Å². The molecule has 2 rings (SSSR count). The highest BCUT2D eigenvalue weighted by Crippen LogP contribution is 2.29. The van der Waals surface area contributed by atoms with E-state index in [2.05, 4.69) is 22.2 Å². The quantitative estimate of drug-likeness (QED) is 0.908. The normalized spacial score (nSPS) is 10.5. The van der Waals surface area contributed by atoms with E-state index in [0.29, 0.717) is 17.3 Å². The average Bonchev–Trinajstić information content (AvgIpc) is 2.47. The van der Waals surface area contributed by atoms with Gasteiger partial charge in [0, 0.05) is 19.2 Å². The largest absolute Gasteiger partial charge is 0.370 e. The van der Waals surface area contributed by atoms with Crippen LogP contribution in [0.4, 0.5) is 21.7 Å². The van der Waals surface area contributed by atoms with Crippen molar-refractivity contribution in [2.45, 2.75) is 27.2 Å². The molecule has 0 aliphatic heterocycles. The molecule has 21 heavy (non-hydrogen) atoms. The van der Waals surface area contributed by atoms with Crippen LogP contribution >= 0.6 is 0 Å². The van der Waals surface area contributed by atoms with Gasteiger partial charge in [0.25, 0.3) is 0 Å². The molecular weight excluding hydrogens is 267 g/mol. The van der Waals surface area contributed by atoms with Crippen molar-refractivity contribution >= 4 is 17.3 Å². The summed E-state index contributed by atoms with van der Waals surface area (Å²) in [6.07, 6.45) is 1.01. The number of halogens is 1. The molecule has 5 heteroatoms. The Kier molecular flexibility index (Phi) is 4.73. The van der Waals surface area contributed by atoms with Crippen LogP contribution in [-0.2, 0) is 0 Å². The summed E-state index contributed by atoms with van der Waals surface area (Å²) in [5.74, 6) is 1.92. The van der Waals surface area contributed by atoms with Gasteiger partial charge in [0.2, 0.25) is 0 Å². The number of rotatable bonds is 5. The third-order valence-corrected chi connectivity index (χ3v) is 3.31. The minimum absolute atomic E-state index is 0.265. The van der Waals surface area contributed by atoms with Crippen molar-refractivity contribution in [2.75, 3.05) is 23.8 Å². The maximum Gasteiger partial charge on any atom is 0.146 e. The van der Waals surface area contributed by atoms with Crippen LogP contribution < -0.4 is 10.2 Å². The molecule has 0 saturated heterocycles. The van der Waals surface area contributed by atoms with E-state index in [4.69, 9.17) is 0 Å². The summed E-state index contributed by atoms with van der Waals surface area (Å²) in [5, 5.41) is 3.29. The third-order valence-electron chi connectivity index (χ3n) is 3.31. The molecule has 0 saturated carbocycles. The van der Waals surface area contributed by atoms with Gasteiger partial charge in [0.1, 0.15) is 23.3 Å². The summed E-state index contributed by atoms with van der Waals surface area (Å²) in [6.45, 7) is 6.74. The maximum atomic E-state index is 14.0. The van der Waals surface area contributed by atoms with Gasteiger partial charge >= 0.3 is 0 Å². The monoisotopic (exact) mass is 288 g/mol. The molecule has 0 aliphatic rings. The Hall–Kier alpha value is -2.17. The lowest BCUT2D eigenvalue weighted by molar-refractivity contribution is 0.627. The fourth-order valence-electron chi connectivity index (χ4n) is 2.19. The minimum atomic E-state index is -0.265. The van der Waals surface area contributed by atoms with Crippen LogP contribution in [0.15, 0.2) is 24.3 Å². The first-order chi connectivity index (χ1) is 10.0. The summed E-state index contributed by atoms with van der Waals surface area (Å²) in [4.78, 5) is 10.7. The van der Waals surface area contributed by atoms with Crippen LogP contribution in [0.2, 0.25) is 0 Å². The molecule has 0 unspecified atom stereocenters. The average molecular weight is 288 g/mol. The molecule has 1 aromatic carbocycles. The number of anilines is 3. The Labute approximate surface area is 125 Å². The molecule has 1 heterocycles. The van der Waals surface area contributed by atoms with E-state index in [1.54, 1.807) is 17.0 Å². The number of para-hydroxylation sites is 1. The molecule has 112 valence electrons. The van der Waals surface area contributed by atoms with Gasteiger partial charge in [-0.2, -0.15) is 0 Å². The maximum absolute atomic E-state index is 14.0. The van der Waals surface area contributed by atoms with E-state index in [9.17, 15) is 4.39 Å². The van der Waals surface area contributed by atoms with Crippen molar-refractivity contribution in [2.24, 2.45) is 0 Å². The molecule has 0 fully saturated rings. The number of hydrogen-bond acceptors (Lipinski definition) is 4. The summed E-state index contributed by atoms with van der Waals surface area (Å²) in [6, 6.07) is 6.68. The predicted octanol–water partition coefficient (Wildman–Crippen LogP) is 3.82. The van der Waals surface area contributed by atoms with Crippen LogP contribution in [0.25, 0.3) is 0 Å². The molecule has 0 aliphatic carbocycles. The van der Waals surface area contributed by atoms with Crippen LogP contribution in [-0.4, -0.2) is 23.6 Å². The van der Waals surface area contributed by atoms with E-state index in [0.717, 1.165) is 24.3 Å². The van der Waals surface area contributed by atoms with Crippen LogP contribution in [0.5, 0.6) is 0 Å². The highest BCUT2D eigenvalue weighted by Gasteiger charge is 2.16. The second-order valence-electron chi connectivity index (χ2n) is 5.01. The molecule has 0 radical (unpaired) electrons. The zero-order valence-electron chi connectivity index (χ0n) is 12.9. The third kappa shape index (κ3) is 3.29. The Morgan fingerprint density at radius 2 is 1.90 bits per heavy atom. The summed E-state index contributed by atoms with van der Waals surface area (Å²) in [7, 11) is 1.82. The Morgan fingerprint density at radius 1 is 1.19 bits per heavy atom. The van der Waals surface area contributed by atoms with Crippen molar-refractivity contribution in [1.82, 2.24) is 9.97 Å². The molecule has 0 atom stereocenters. The van der Waals surface area contributed by atoms with Gasteiger partial charge < -0.3 is 10.2 Å². The second-order valence-corrected chi connectivity index (χ2v) is 5.01. The Morgan fingerprint density at radius 3 is 2.57 bits per heavy atom. The molecule has 2 aromatic rings. The summed E-state index contributed by atoms with van der Waals surface area (Å²) < 4.78 is 14.0. The number of aromatic nitrogens is 2. The molecule has 4 nitrogen and oxygen atoms in total. The van der Waals surface area contributed by atoms with E-state index < -0.39 is 0 Å². The zero-order valence-corrected chi connectivity index (χ0v) is 12.9. The first kappa shape index (κ1) is 15.2. The number of nitrogens with one attached hydrogen (secondary N) is 1. The highest BCUT2D eigenvalue weighted by atomic mass is 19.1. The fourth-order valence-corrected chi connectivity index (χ4v) is 2.19. The van der Waals surface area contributed by atoms with Crippen molar-refractivity contribution in [3.05, 3.63) is 41.5 Å². The highest BCUT2D eigenvalue weighted by molar-refractivity contribution is 5.67. The number of aryl methyl sites for hydroxylation is 1. The van der Waals surface area contributed by atoms with Crippen molar-refractivity contribution in [1.29, 1.82) is 0 Å². The second kappa shape index (κ2) is 6.52. The first-order valence-electron chi connectivity index (χ1n) is 7.12. The molecular formula is C16H21FN4. The molecule has 0 amide bonds. The van der Waals surface area contributed by atoms with Crippen LogP contribution in [0, 0.1) is 19.7 Å². The molecule has 0 spiro atoms. The smallest absolute Gasteiger partial charge is 0.146 e. The van der Waals surface area contributed by atoms with E-state index in [-0.39, 0.29) is 5.82 Å². The van der Waals surface area contributed by atoms with E-state index in [1.807, 2.05) is 27.0 Å². The van der Waals surface area contributed by atoms with Gasteiger partial charge in [0.15, 0.2) is 0 Å². The van der Waals surface area contributed by atoms with E-state index >= 15 is 0 Å². The molecule has 1 aromatic heterocycles. The van der Waals surface area contributed by atoms with E-state index in [1.165, 1.54) is 6.07 Å². The van der Waals surface area contributed by atoms with Crippen molar-refractivity contribution in [3.8, 4) is 0 Å². The van der Waals surface area contributed by atoms with Gasteiger partial charge in [0.05, 0.1) is 5.69 Å². The lowest BCUT2D eigenvalue weighted by Gasteiger charge is -2.22. The van der Waals surface area contributed by atoms with Gasteiger partial charge in [-0.25, -0.2) is 14.4 Å². The predicted molar refractivity (Wildman–Crippen MR) is 84.7 cm³/mol. The standard InChI is InChI=1S/C16H21FN4/c1-5-10-18-15-11(2)16(20-12(3)19-15)21(4)14-9-7-6-8-13(14)17/h6-9H,5,10H2,1-4H3,(H,18,19,20). The summed E-state index contributed by atoms with van der Waals surface area (Å²) >= 11 is 0. The fraction of sp³-hybridized carbons (Fsp3) is 0.375. The number of hydrogen-bond donors (Lipinski definition) is 1. The van der Waals surface area contributed by atoms with Crippen LogP contribution in [0.1, 0.15) is 24.7 Å². The summed E-state index contributed by atoms with van der Waals surface area (Å²) in [5.41, 5.74) is 1.42. The number of benzene rings is 1. The lowest BCUT2D eigenvalue weighted by atomic mass is 10.2. The SMILES string of the molecule is CCCNc1nc(C)nc(N(C)c2ccccc2F)c1C. The van der Waals surface area contributed by atoms with Gasteiger partial charge in [-0.1, -0.05) is 19.1 Å². The van der Waals surface area contributed by atoms with Gasteiger partial charge in [-0.3, -0.25) is 0 Å². The topological polar surface area (TPSA) is 41.1 Å². The van der Waals surface area contributed by atoms with Gasteiger partial charge in [-0.05, 0) is 32.4 Å². The molecule has 0 bridgehead atoms. The first-order valence-corrected chi connectivity index (χ1v) is 7.12. The van der Waals surface area contributed by atoms with Crippen LogP contribution in [0.3, 0.4) is 0 Å². The minimum Gasteiger partial charge on any atom is -0.370 e. The van der Waals surface area contributed by atoms with Gasteiger partial charge in [-0.15, -0.1) is 0 Å². The van der Waals surface area contributed by atoms with Crippen molar-refractivity contribution in [3.63, 3.8) is 0 Å². The number of nitrogens with zero attached hydrogens (tertiary/aromatic N) is 3. The molecule has 1 N–H and O–H groups in total. The Bertz CT molecular complexity index is 628. The zero-order chi connectivity index (χ0) is 15.4. The Balaban J connectivity index is 2.43. The lowest BCUT2D eigenvalue weighted by Crippen LogP contribution is -2.17.